The summed E-state index contributed by atoms with van der Waals surface area (Å²) >= 11 is 6.41. The maximum Gasteiger partial charge on any atom is 0.129 e. The van der Waals surface area contributed by atoms with E-state index in [9.17, 15) is 5.11 Å². The van der Waals surface area contributed by atoms with Crippen LogP contribution in [0.25, 0.3) is 5.57 Å². The molecule has 3 aromatic carbocycles. The minimum absolute atomic E-state index is 0.218. The molecular formula is C33H28ClN5O. The van der Waals surface area contributed by atoms with Gasteiger partial charge >= 0.3 is 0 Å². The maximum atomic E-state index is 11.6. The number of nitriles is 1. The van der Waals surface area contributed by atoms with E-state index in [4.69, 9.17) is 21.9 Å². The Morgan fingerprint density at radius 1 is 1.10 bits per heavy atom. The molecule has 2 aliphatic heterocycles. The van der Waals surface area contributed by atoms with Crippen LogP contribution in [-0.4, -0.2) is 33.1 Å². The number of imidazole rings is 1. The second-order valence-electron chi connectivity index (χ2n) is 10.1. The molecule has 0 bridgehead atoms. The van der Waals surface area contributed by atoms with Gasteiger partial charge in [-0.05, 0) is 78.1 Å². The van der Waals surface area contributed by atoms with E-state index in [2.05, 4.69) is 59.3 Å². The number of anilines is 1. The average molecular weight is 546 g/mol. The number of aliphatic imine (C=N–C) groups is 1. The molecule has 0 aliphatic carbocycles. The molecule has 0 amide bonds. The zero-order chi connectivity index (χ0) is 27.6. The SMILES string of the molecule is CC1CC=CCN=C2C=C(c3cccc(Cl)c3)c3cc(C(O)c4cncn4Cc4ccc(C#N)cc4)ccc3N21. The molecule has 7 heteroatoms. The third-order valence-corrected chi connectivity index (χ3v) is 7.68. The Labute approximate surface area is 238 Å². The number of fused-ring (bicyclic) bond motifs is 3. The second-order valence-corrected chi connectivity index (χ2v) is 10.6. The van der Waals surface area contributed by atoms with Crippen molar-refractivity contribution < 1.29 is 5.11 Å². The van der Waals surface area contributed by atoms with E-state index in [1.54, 1.807) is 24.7 Å². The fourth-order valence-corrected chi connectivity index (χ4v) is 5.58. The zero-order valence-corrected chi connectivity index (χ0v) is 22.8. The lowest BCUT2D eigenvalue weighted by molar-refractivity contribution is 0.210. The number of nitrogens with zero attached hydrogens (tertiary/aromatic N) is 5. The van der Waals surface area contributed by atoms with Crippen molar-refractivity contribution in [1.82, 2.24) is 9.55 Å². The predicted molar refractivity (Wildman–Crippen MR) is 160 cm³/mol. The number of halogens is 1. The molecule has 2 aliphatic rings. The first kappa shape index (κ1) is 25.8. The van der Waals surface area contributed by atoms with E-state index in [1.807, 2.05) is 41.0 Å². The van der Waals surface area contributed by atoms with E-state index in [-0.39, 0.29) is 6.04 Å². The molecule has 1 aromatic heterocycles. The van der Waals surface area contributed by atoms with Gasteiger partial charge in [0.05, 0.1) is 42.1 Å². The van der Waals surface area contributed by atoms with Crippen molar-refractivity contribution in [3.8, 4) is 6.07 Å². The summed E-state index contributed by atoms with van der Waals surface area (Å²) in [6, 6.07) is 23.8. The van der Waals surface area contributed by atoms with Crippen LogP contribution in [0.1, 0.15) is 53.0 Å². The summed E-state index contributed by atoms with van der Waals surface area (Å²) < 4.78 is 1.94. The lowest BCUT2D eigenvalue weighted by Gasteiger charge is -2.37. The van der Waals surface area contributed by atoms with Gasteiger partial charge in [-0.1, -0.05) is 54.1 Å². The van der Waals surface area contributed by atoms with Crippen LogP contribution in [0.5, 0.6) is 0 Å². The third kappa shape index (κ3) is 4.98. The Kier molecular flexibility index (Phi) is 7.08. The van der Waals surface area contributed by atoms with Gasteiger partial charge in [-0.15, -0.1) is 0 Å². The number of rotatable bonds is 5. The van der Waals surface area contributed by atoms with Crippen molar-refractivity contribution in [2.75, 3.05) is 11.4 Å². The topological polar surface area (TPSA) is 77.4 Å². The largest absolute Gasteiger partial charge is 0.382 e. The smallest absolute Gasteiger partial charge is 0.129 e. The third-order valence-electron chi connectivity index (χ3n) is 7.45. The van der Waals surface area contributed by atoms with Gasteiger partial charge in [0.2, 0.25) is 0 Å². The molecule has 2 unspecified atom stereocenters. The molecule has 3 heterocycles. The van der Waals surface area contributed by atoms with E-state index < -0.39 is 6.10 Å². The summed E-state index contributed by atoms with van der Waals surface area (Å²) in [7, 11) is 0. The van der Waals surface area contributed by atoms with Crippen LogP contribution in [0.4, 0.5) is 5.69 Å². The number of benzene rings is 3. The van der Waals surface area contributed by atoms with Crippen LogP contribution >= 0.6 is 11.6 Å². The molecule has 2 atom stereocenters. The minimum atomic E-state index is -0.880. The normalized spacial score (nSPS) is 17.1. The average Bonchev–Trinajstić information content (AvgIpc) is 3.43. The first-order chi connectivity index (χ1) is 19.5. The highest BCUT2D eigenvalue weighted by Gasteiger charge is 2.29. The Morgan fingerprint density at radius 2 is 1.95 bits per heavy atom. The molecule has 0 fully saturated rings. The van der Waals surface area contributed by atoms with Crippen LogP contribution in [0.2, 0.25) is 5.02 Å². The van der Waals surface area contributed by atoms with E-state index in [1.165, 1.54) is 0 Å². The van der Waals surface area contributed by atoms with Crippen molar-refractivity contribution in [1.29, 1.82) is 5.26 Å². The van der Waals surface area contributed by atoms with Gasteiger partial charge in [-0.2, -0.15) is 5.26 Å². The quantitative estimate of drug-likeness (QED) is 0.289. The lowest BCUT2D eigenvalue weighted by atomic mass is 9.89. The van der Waals surface area contributed by atoms with Crippen molar-refractivity contribution in [3.63, 3.8) is 0 Å². The molecule has 198 valence electrons. The highest BCUT2D eigenvalue weighted by Crippen LogP contribution is 2.40. The Morgan fingerprint density at radius 3 is 2.75 bits per heavy atom. The number of hydrogen-bond donors (Lipinski definition) is 1. The van der Waals surface area contributed by atoms with Crippen molar-refractivity contribution in [2.24, 2.45) is 4.99 Å². The van der Waals surface area contributed by atoms with Crippen LogP contribution in [0.3, 0.4) is 0 Å². The fraction of sp³-hybridized carbons (Fsp3) is 0.182. The lowest BCUT2D eigenvalue weighted by Crippen LogP contribution is -2.41. The molecule has 6 nitrogen and oxygen atoms in total. The number of aromatic nitrogens is 2. The highest BCUT2D eigenvalue weighted by atomic mass is 35.5. The molecular weight excluding hydrogens is 518 g/mol. The van der Waals surface area contributed by atoms with Gasteiger partial charge in [-0.3, -0.25) is 4.99 Å². The summed E-state index contributed by atoms with van der Waals surface area (Å²) in [6.45, 7) is 3.38. The Hall–Kier alpha value is -4.44. The Bertz CT molecular complexity index is 1690. The van der Waals surface area contributed by atoms with Crippen molar-refractivity contribution in [2.45, 2.75) is 32.0 Å². The van der Waals surface area contributed by atoms with E-state index >= 15 is 0 Å². The van der Waals surface area contributed by atoms with Gasteiger partial charge in [0, 0.05) is 23.2 Å². The molecule has 1 N–H and O–H groups in total. The summed E-state index contributed by atoms with van der Waals surface area (Å²) in [5.74, 6) is 0.924. The van der Waals surface area contributed by atoms with Crippen LogP contribution in [0, 0.1) is 11.3 Å². The minimum Gasteiger partial charge on any atom is -0.382 e. The molecule has 0 saturated heterocycles. The monoisotopic (exact) mass is 545 g/mol. The molecule has 0 saturated carbocycles. The van der Waals surface area contributed by atoms with Crippen LogP contribution < -0.4 is 4.90 Å². The summed E-state index contributed by atoms with van der Waals surface area (Å²) in [5.41, 5.74) is 7.20. The second kappa shape index (κ2) is 11.0. The molecule has 0 spiro atoms. The van der Waals surface area contributed by atoms with E-state index in [0.717, 1.165) is 45.8 Å². The summed E-state index contributed by atoms with van der Waals surface area (Å²) in [6.07, 6.45) is 9.91. The zero-order valence-electron chi connectivity index (χ0n) is 22.1. The number of aliphatic hydroxyl groups excluding tert-OH is 1. The standard InChI is InChI=1S/C33H28ClN5O/c1-22-5-2-3-14-37-32-17-28(25-6-4-7-27(34)15-25)29-16-26(12-13-30(29)39(22)32)33(40)31-19-36-21-38(31)20-24-10-8-23(18-35)9-11-24/h2-4,6-13,15-17,19,21-22,33,40H,5,14,20H2,1H3. The van der Waals surface area contributed by atoms with Crippen LogP contribution in [0.15, 0.2) is 102 Å². The van der Waals surface area contributed by atoms with Gasteiger partial charge < -0.3 is 14.6 Å². The van der Waals surface area contributed by atoms with E-state index in [0.29, 0.717) is 29.4 Å². The van der Waals surface area contributed by atoms with Gasteiger partial charge in [0.15, 0.2) is 0 Å². The highest BCUT2D eigenvalue weighted by molar-refractivity contribution is 6.30. The molecule has 0 radical (unpaired) electrons. The summed E-state index contributed by atoms with van der Waals surface area (Å²) in [4.78, 5) is 11.5. The van der Waals surface area contributed by atoms with Crippen LogP contribution in [-0.2, 0) is 6.54 Å². The molecule has 4 aromatic rings. The van der Waals surface area contributed by atoms with Gasteiger partial charge in [0.1, 0.15) is 11.9 Å². The number of amidine groups is 1. The first-order valence-corrected chi connectivity index (χ1v) is 13.7. The first-order valence-electron chi connectivity index (χ1n) is 13.3. The van der Waals surface area contributed by atoms with Gasteiger partial charge in [0.25, 0.3) is 0 Å². The molecule has 40 heavy (non-hydrogen) atoms. The van der Waals surface area contributed by atoms with Gasteiger partial charge in [-0.25, -0.2) is 4.98 Å². The number of aliphatic hydroxyl groups is 1. The van der Waals surface area contributed by atoms with Crippen molar-refractivity contribution >= 4 is 28.7 Å². The summed E-state index contributed by atoms with van der Waals surface area (Å²) in [5, 5.41) is 21.4. The molecule has 6 rings (SSSR count). The number of hydrogen-bond acceptors (Lipinski definition) is 5. The predicted octanol–water partition coefficient (Wildman–Crippen LogP) is 6.54. The maximum absolute atomic E-state index is 11.6. The fourth-order valence-electron chi connectivity index (χ4n) is 5.39. The van der Waals surface area contributed by atoms with Crippen molar-refractivity contribution in [3.05, 3.63) is 136 Å². The Balaban J connectivity index is 1.41.